The second kappa shape index (κ2) is 6.12. The van der Waals surface area contributed by atoms with Crippen molar-refractivity contribution in [3.05, 3.63) is 69.8 Å². The van der Waals surface area contributed by atoms with Crippen LogP contribution in [0.4, 0.5) is 4.39 Å². The van der Waals surface area contributed by atoms with Crippen molar-refractivity contribution in [2.45, 2.75) is 12.5 Å². The summed E-state index contributed by atoms with van der Waals surface area (Å²) in [4.78, 5) is 1.09. The van der Waals surface area contributed by atoms with Crippen molar-refractivity contribution in [1.29, 1.82) is 0 Å². The molecule has 5 heteroatoms. The predicted octanol–water partition coefficient (Wildman–Crippen LogP) is 4.44. The highest BCUT2D eigenvalue weighted by atomic mass is 35.5. The molecule has 0 saturated heterocycles. The van der Waals surface area contributed by atoms with Crippen LogP contribution in [0.25, 0.3) is 10.1 Å². The minimum absolute atomic E-state index is 0.127. The maximum atomic E-state index is 13.9. The minimum atomic E-state index is -0.302. The number of hydrazine groups is 1. The van der Waals surface area contributed by atoms with E-state index in [1.54, 1.807) is 23.5 Å². The monoisotopic (exact) mass is 320 g/mol. The lowest BCUT2D eigenvalue weighted by atomic mass is 10.0. The van der Waals surface area contributed by atoms with Gasteiger partial charge in [-0.05, 0) is 41.6 Å². The van der Waals surface area contributed by atoms with Crippen molar-refractivity contribution in [2.24, 2.45) is 5.84 Å². The van der Waals surface area contributed by atoms with Gasteiger partial charge in [0.25, 0.3) is 0 Å². The van der Waals surface area contributed by atoms with E-state index < -0.39 is 0 Å². The molecule has 3 rings (SSSR count). The topological polar surface area (TPSA) is 38.0 Å². The molecule has 1 aromatic heterocycles. The molecule has 0 bridgehead atoms. The fraction of sp³-hybridized carbons (Fsp3) is 0.125. The van der Waals surface area contributed by atoms with Gasteiger partial charge in [-0.2, -0.15) is 0 Å². The quantitative estimate of drug-likeness (QED) is 0.551. The zero-order valence-electron chi connectivity index (χ0n) is 11.1. The van der Waals surface area contributed by atoms with E-state index in [-0.39, 0.29) is 11.9 Å². The lowest BCUT2D eigenvalue weighted by molar-refractivity contribution is 0.535. The number of nitrogens with one attached hydrogen (secondary N) is 1. The van der Waals surface area contributed by atoms with Crippen molar-refractivity contribution in [1.82, 2.24) is 5.43 Å². The van der Waals surface area contributed by atoms with Crippen LogP contribution in [-0.4, -0.2) is 0 Å². The number of benzene rings is 2. The van der Waals surface area contributed by atoms with E-state index in [9.17, 15) is 4.39 Å². The molecule has 3 aromatic rings. The van der Waals surface area contributed by atoms with Crippen LogP contribution in [0.2, 0.25) is 5.02 Å². The molecular formula is C16H14ClFN2S. The molecule has 0 aliphatic carbocycles. The van der Waals surface area contributed by atoms with Crippen LogP contribution in [0.15, 0.2) is 48.5 Å². The van der Waals surface area contributed by atoms with Gasteiger partial charge in [-0.15, -0.1) is 11.3 Å². The van der Waals surface area contributed by atoms with Crippen molar-refractivity contribution >= 4 is 33.0 Å². The molecular weight excluding hydrogens is 307 g/mol. The van der Waals surface area contributed by atoms with Gasteiger partial charge < -0.3 is 0 Å². The third-order valence-corrected chi connectivity index (χ3v) is 4.89. The third-order valence-electron chi connectivity index (χ3n) is 3.43. The van der Waals surface area contributed by atoms with Gasteiger partial charge >= 0.3 is 0 Å². The molecule has 0 aliphatic heterocycles. The van der Waals surface area contributed by atoms with Gasteiger partial charge in [0.2, 0.25) is 0 Å². The number of halogens is 2. The molecule has 0 radical (unpaired) electrons. The average molecular weight is 321 g/mol. The summed E-state index contributed by atoms with van der Waals surface area (Å²) in [6.45, 7) is 0. The minimum Gasteiger partial charge on any atom is -0.271 e. The van der Waals surface area contributed by atoms with Gasteiger partial charge in [-0.3, -0.25) is 11.3 Å². The molecule has 2 nitrogen and oxygen atoms in total. The summed E-state index contributed by atoms with van der Waals surface area (Å²) < 4.78 is 15.1. The molecule has 3 N–H and O–H groups in total. The van der Waals surface area contributed by atoms with Crippen LogP contribution in [-0.2, 0) is 6.42 Å². The lowest BCUT2D eigenvalue weighted by Gasteiger charge is -2.14. The third kappa shape index (κ3) is 3.09. The summed E-state index contributed by atoms with van der Waals surface area (Å²) in [6, 6.07) is 14.8. The molecule has 0 amide bonds. The maximum Gasteiger partial charge on any atom is 0.127 e. The van der Waals surface area contributed by atoms with Crippen LogP contribution in [0, 0.1) is 5.82 Å². The highest BCUT2D eigenvalue weighted by Crippen LogP contribution is 2.31. The summed E-state index contributed by atoms with van der Waals surface area (Å²) >= 11 is 7.45. The summed E-state index contributed by atoms with van der Waals surface area (Å²) in [6.07, 6.45) is 0.478. The van der Waals surface area contributed by atoms with Crippen LogP contribution in [0.1, 0.15) is 16.5 Å². The molecule has 0 fully saturated rings. The first-order chi connectivity index (χ1) is 10.2. The molecule has 1 atom stereocenters. The summed E-state index contributed by atoms with van der Waals surface area (Å²) in [5.41, 5.74) is 3.38. The molecule has 2 aromatic carbocycles. The van der Waals surface area contributed by atoms with E-state index >= 15 is 0 Å². The molecule has 21 heavy (non-hydrogen) atoms. The zero-order valence-corrected chi connectivity index (χ0v) is 12.7. The Kier molecular flexibility index (Phi) is 4.22. The van der Waals surface area contributed by atoms with E-state index in [2.05, 4.69) is 23.6 Å². The Labute approximate surface area is 131 Å². The fourth-order valence-corrected chi connectivity index (χ4v) is 3.61. The van der Waals surface area contributed by atoms with Crippen LogP contribution in [0.5, 0.6) is 0 Å². The van der Waals surface area contributed by atoms with Gasteiger partial charge in [-0.25, -0.2) is 4.39 Å². The Hall–Kier alpha value is -1.46. The number of nitrogens with two attached hydrogens (primary N) is 1. The van der Waals surface area contributed by atoms with E-state index in [0.717, 1.165) is 4.88 Å². The van der Waals surface area contributed by atoms with Gasteiger partial charge in [-0.1, -0.05) is 35.9 Å². The molecule has 108 valence electrons. The summed E-state index contributed by atoms with van der Waals surface area (Å²) in [5, 5.41) is 1.57. The standard InChI is InChI=1S/C16H14ClFN2S/c17-12-6-5-10(13(18)9-12)7-14(20-19)16-8-11-3-1-2-4-15(11)21-16/h1-6,8-9,14,20H,7,19H2. The van der Waals surface area contributed by atoms with Gasteiger partial charge in [0, 0.05) is 14.6 Å². The van der Waals surface area contributed by atoms with Crippen LogP contribution >= 0.6 is 22.9 Å². The largest absolute Gasteiger partial charge is 0.271 e. The SMILES string of the molecule is NNC(Cc1ccc(Cl)cc1F)c1cc2ccccc2s1. The Morgan fingerprint density at radius 2 is 2.00 bits per heavy atom. The van der Waals surface area contributed by atoms with E-state index in [4.69, 9.17) is 17.4 Å². The van der Waals surface area contributed by atoms with Gasteiger partial charge in [0.15, 0.2) is 0 Å². The number of hydrogen-bond donors (Lipinski definition) is 2. The average Bonchev–Trinajstić information content (AvgIpc) is 2.90. The number of thiophene rings is 1. The number of rotatable bonds is 4. The second-order valence-corrected chi connectivity index (χ2v) is 6.40. The molecule has 1 heterocycles. The molecule has 0 aliphatic rings. The second-order valence-electron chi connectivity index (χ2n) is 4.85. The Morgan fingerprint density at radius 1 is 1.19 bits per heavy atom. The van der Waals surface area contributed by atoms with Crippen molar-refractivity contribution in [2.75, 3.05) is 0 Å². The van der Waals surface area contributed by atoms with Gasteiger partial charge in [0.05, 0.1) is 6.04 Å². The Balaban J connectivity index is 1.90. The fourth-order valence-electron chi connectivity index (χ4n) is 2.32. The summed E-state index contributed by atoms with van der Waals surface area (Å²) in [7, 11) is 0. The van der Waals surface area contributed by atoms with Crippen molar-refractivity contribution in [3.63, 3.8) is 0 Å². The van der Waals surface area contributed by atoms with E-state index in [1.165, 1.54) is 16.2 Å². The van der Waals surface area contributed by atoms with Gasteiger partial charge in [0.1, 0.15) is 5.82 Å². The Morgan fingerprint density at radius 3 is 2.71 bits per heavy atom. The lowest BCUT2D eigenvalue weighted by Crippen LogP contribution is -2.29. The van der Waals surface area contributed by atoms with Crippen LogP contribution in [0.3, 0.4) is 0 Å². The molecule has 0 spiro atoms. The highest BCUT2D eigenvalue weighted by molar-refractivity contribution is 7.19. The van der Waals surface area contributed by atoms with Crippen LogP contribution < -0.4 is 11.3 Å². The first-order valence-corrected chi connectivity index (χ1v) is 7.75. The van der Waals surface area contributed by atoms with E-state index in [0.29, 0.717) is 17.0 Å². The highest BCUT2D eigenvalue weighted by Gasteiger charge is 2.16. The molecule has 0 saturated carbocycles. The van der Waals surface area contributed by atoms with Crippen molar-refractivity contribution < 1.29 is 4.39 Å². The smallest absolute Gasteiger partial charge is 0.127 e. The molecule has 1 unspecified atom stereocenters. The number of hydrogen-bond acceptors (Lipinski definition) is 3. The normalized spacial score (nSPS) is 12.7. The summed E-state index contributed by atoms with van der Waals surface area (Å²) in [5.74, 6) is 5.36. The van der Waals surface area contributed by atoms with E-state index in [1.807, 2.05) is 12.1 Å². The Bertz CT molecular complexity index is 739. The van der Waals surface area contributed by atoms with Crippen molar-refractivity contribution in [3.8, 4) is 0 Å². The first kappa shape index (κ1) is 14.5. The zero-order chi connectivity index (χ0) is 14.8. The number of fused-ring (bicyclic) bond motifs is 1. The maximum absolute atomic E-state index is 13.9. The predicted molar refractivity (Wildman–Crippen MR) is 87.0 cm³/mol. The first-order valence-electron chi connectivity index (χ1n) is 6.56.